The van der Waals surface area contributed by atoms with Gasteiger partial charge in [-0.2, -0.15) is 0 Å². The van der Waals surface area contributed by atoms with E-state index in [1.807, 2.05) is 31.2 Å². The van der Waals surface area contributed by atoms with Crippen molar-refractivity contribution in [1.29, 1.82) is 0 Å². The Labute approximate surface area is 123 Å². The highest BCUT2D eigenvalue weighted by atomic mass is 16.5. The number of nitrogens with zero attached hydrogens (tertiary/aromatic N) is 1. The quantitative estimate of drug-likeness (QED) is 0.806. The van der Waals surface area contributed by atoms with Crippen molar-refractivity contribution in [2.75, 3.05) is 26.2 Å². The van der Waals surface area contributed by atoms with Crippen LogP contribution in [0.15, 0.2) is 24.3 Å². The number of aryl methyl sites for hydroxylation is 1. The van der Waals surface area contributed by atoms with Gasteiger partial charge in [-0.3, -0.25) is 4.79 Å². The van der Waals surface area contributed by atoms with E-state index in [9.17, 15) is 9.59 Å². The van der Waals surface area contributed by atoms with Crippen molar-refractivity contribution in [3.8, 4) is 5.75 Å². The van der Waals surface area contributed by atoms with Gasteiger partial charge >= 0.3 is 12.0 Å². The standard InChI is InChI=1S/C15H20N2O4/c1-11-2-4-13(5-3-11)21-9-7-16-15(20)17-8-6-12(10-17)14(18)19/h2-5,12H,6-10H2,1H3,(H,16,20)(H,18,19). The Bertz CT molecular complexity index is 501. The Balaban J connectivity index is 1.66. The smallest absolute Gasteiger partial charge is 0.317 e. The molecule has 6 nitrogen and oxygen atoms in total. The van der Waals surface area contributed by atoms with Gasteiger partial charge in [0.15, 0.2) is 0 Å². The van der Waals surface area contributed by atoms with Crippen LogP contribution in [0.4, 0.5) is 4.79 Å². The molecule has 1 aliphatic rings. The monoisotopic (exact) mass is 292 g/mol. The fourth-order valence-corrected chi connectivity index (χ4v) is 2.22. The molecule has 1 fully saturated rings. The first-order valence-electron chi connectivity index (χ1n) is 7.01. The van der Waals surface area contributed by atoms with Gasteiger partial charge in [0.1, 0.15) is 12.4 Å². The van der Waals surface area contributed by atoms with Crippen LogP contribution < -0.4 is 10.1 Å². The summed E-state index contributed by atoms with van der Waals surface area (Å²) < 4.78 is 5.51. The lowest BCUT2D eigenvalue weighted by Crippen LogP contribution is -2.40. The zero-order valence-corrected chi connectivity index (χ0v) is 12.0. The summed E-state index contributed by atoms with van der Waals surface area (Å²) in [6.45, 7) is 3.54. The molecule has 1 heterocycles. The molecule has 1 unspecified atom stereocenters. The van der Waals surface area contributed by atoms with Gasteiger partial charge in [-0.1, -0.05) is 17.7 Å². The van der Waals surface area contributed by atoms with E-state index in [0.717, 1.165) is 11.3 Å². The van der Waals surface area contributed by atoms with Gasteiger partial charge in [-0.25, -0.2) is 4.79 Å². The van der Waals surface area contributed by atoms with Crippen LogP contribution >= 0.6 is 0 Å². The van der Waals surface area contributed by atoms with Crippen molar-refractivity contribution in [2.45, 2.75) is 13.3 Å². The van der Waals surface area contributed by atoms with Gasteiger partial charge in [-0.05, 0) is 25.5 Å². The average molecular weight is 292 g/mol. The Morgan fingerprint density at radius 2 is 2.10 bits per heavy atom. The summed E-state index contributed by atoms with van der Waals surface area (Å²) in [5.41, 5.74) is 1.16. The summed E-state index contributed by atoms with van der Waals surface area (Å²) in [4.78, 5) is 24.2. The lowest BCUT2D eigenvalue weighted by molar-refractivity contribution is -0.141. The molecular formula is C15H20N2O4. The van der Waals surface area contributed by atoms with E-state index in [1.54, 1.807) is 0 Å². The first-order valence-corrected chi connectivity index (χ1v) is 7.01. The number of ether oxygens (including phenoxy) is 1. The van der Waals surface area contributed by atoms with E-state index in [4.69, 9.17) is 9.84 Å². The average Bonchev–Trinajstić information content (AvgIpc) is 2.95. The van der Waals surface area contributed by atoms with Crippen molar-refractivity contribution >= 4 is 12.0 Å². The highest BCUT2D eigenvalue weighted by Crippen LogP contribution is 2.16. The molecule has 2 rings (SSSR count). The van der Waals surface area contributed by atoms with Gasteiger partial charge in [0.05, 0.1) is 12.5 Å². The third-order valence-corrected chi connectivity index (χ3v) is 3.49. The molecular weight excluding hydrogens is 272 g/mol. The topological polar surface area (TPSA) is 78.9 Å². The maximum Gasteiger partial charge on any atom is 0.317 e. The molecule has 1 aromatic rings. The number of carboxylic acids is 1. The number of hydrogen-bond donors (Lipinski definition) is 2. The number of aliphatic carboxylic acids is 1. The number of urea groups is 1. The summed E-state index contributed by atoms with van der Waals surface area (Å²) in [5.74, 6) is -0.519. The van der Waals surface area contributed by atoms with Crippen LogP contribution in [-0.2, 0) is 4.79 Å². The molecule has 0 saturated carbocycles. The molecule has 0 aromatic heterocycles. The normalized spacial score (nSPS) is 17.6. The highest BCUT2D eigenvalue weighted by Gasteiger charge is 2.30. The molecule has 0 aliphatic carbocycles. The van der Waals surface area contributed by atoms with Crippen molar-refractivity contribution in [3.63, 3.8) is 0 Å². The van der Waals surface area contributed by atoms with Crippen LogP contribution in [-0.4, -0.2) is 48.2 Å². The van der Waals surface area contributed by atoms with Crippen molar-refractivity contribution in [2.24, 2.45) is 5.92 Å². The van der Waals surface area contributed by atoms with E-state index < -0.39 is 11.9 Å². The summed E-state index contributed by atoms with van der Waals surface area (Å²) in [6.07, 6.45) is 0.516. The number of benzene rings is 1. The molecule has 0 radical (unpaired) electrons. The van der Waals surface area contributed by atoms with Crippen LogP contribution in [0.2, 0.25) is 0 Å². The van der Waals surface area contributed by atoms with Crippen molar-refractivity contribution in [1.82, 2.24) is 10.2 Å². The van der Waals surface area contributed by atoms with Crippen LogP contribution in [0.3, 0.4) is 0 Å². The maximum atomic E-state index is 11.8. The second kappa shape index (κ2) is 6.97. The zero-order chi connectivity index (χ0) is 15.2. The number of carbonyl (C=O) groups is 2. The number of amides is 2. The number of nitrogens with one attached hydrogen (secondary N) is 1. The van der Waals surface area contributed by atoms with Gasteiger partial charge in [0, 0.05) is 13.1 Å². The lowest BCUT2D eigenvalue weighted by Gasteiger charge is -2.16. The van der Waals surface area contributed by atoms with E-state index in [-0.39, 0.29) is 12.6 Å². The molecule has 1 atom stereocenters. The molecule has 1 aromatic carbocycles. The molecule has 2 amide bonds. The van der Waals surface area contributed by atoms with Gasteiger partial charge < -0.3 is 20.1 Å². The van der Waals surface area contributed by atoms with E-state index >= 15 is 0 Å². The Kier molecular flexibility index (Phi) is 5.03. The minimum absolute atomic E-state index is 0.230. The molecule has 1 aliphatic heterocycles. The third-order valence-electron chi connectivity index (χ3n) is 3.49. The van der Waals surface area contributed by atoms with Crippen LogP contribution in [0.25, 0.3) is 0 Å². The van der Waals surface area contributed by atoms with E-state index in [1.165, 1.54) is 4.90 Å². The SMILES string of the molecule is Cc1ccc(OCCNC(=O)N2CCC(C(=O)O)C2)cc1. The minimum atomic E-state index is -0.840. The highest BCUT2D eigenvalue weighted by molar-refractivity contribution is 5.77. The molecule has 0 spiro atoms. The minimum Gasteiger partial charge on any atom is -0.492 e. The van der Waals surface area contributed by atoms with Crippen molar-refractivity contribution < 1.29 is 19.4 Å². The van der Waals surface area contributed by atoms with E-state index in [0.29, 0.717) is 26.1 Å². The Morgan fingerprint density at radius 1 is 1.38 bits per heavy atom. The van der Waals surface area contributed by atoms with Crippen LogP contribution in [0.5, 0.6) is 5.75 Å². The molecule has 114 valence electrons. The first kappa shape index (κ1) is 15.2. The summed E-state index contributed by atoms with van der Waals surface area (Å²) in [5, 5.41) is 11.6. The third kappa shape index (κ3) is 4.37. The van der Waals surface area contributed by atoms with Gasteiger partial charge in [0.2, 0.25) is 0 Å². The van der Waals surface area contributed by atoms with Crippen LogP contribution in [0, 0.1) is 12.8 Å². The van der Waals surface area contributed by atoms with Gasteiger partial charge in [0.25, 0.3) is 0 Å². The predicted molar refractivity (Wildman–Crippen MR) is 77.4 cm³/mol. The maximum absolute atomic E-state index is 11.8. The number of hydrogen-bond acceptors (Lipinski definition) is 3. The second-order valence-electron chi connectivity index (χ2n) is 5.16. The lowest BCUT2D eigenvalue weighted by atomic mass is 10.1. The van der Waals surface area contributed by atoms with Crippen LogP contribution in [0.1, 0.15) is 12.0 Å². The molecule has 2 N–H and O–H groups in total. The first-order chi connectivity index (χ1) is 10.1. The fourth-order valence-electron chi connectivity index (χ4n) is 2.22. The number of rotatable bonds is 5. The summed E-state index contributed by atoms with van der Waals surface area (Å²) >= 11 is 0. The molecule has 1 saturated heterocycles. The van der Waals surface area contributed by atoms with Gasteiger partial charge in [-0.15, -0.1) is 0 Å². The predicted octanol–water partition coefficient (Wildman–Crippen LogP) is 1.49. The molecule has 0 bridgehead atoms. The summed E-state index contributed by atoms with van der Waals surface area (Å²) in [6, 6.07) is 7.46. The number of likely N-dealkylation sites (tertiary alicyclic amines) is 1. The zero-order valence-electron chi connectivity index (χ0n) is 12.0. The van der Waals surface area contributed by atoms with E-state index in [2.05, 4.69) is 5.32 Å². The second-order valence-corrected chi connectivity index (χ2v) is 5.16. The molecule has 6 heteroatoms. The van der Waals surface area contributed by atoms with Crippen molar-refractivity contribution in [3.05, 3.63) is 29.8 Å². The number of carbonyl (C=O) groups excluding carboxylic acids is 1. The molecule has 21 heavy (non-hydrogen) atoms. The Hall–Kier alpha value is -2.24. The Morgan fingerprint density at radius 3 is 2.71 bits per heavy atom. The fraction of sp³-hybridized carbons (Fsp3) is 0.467. The number of carboxylic acid groups (broad SMARTS) is 1. The summed E-state index contributed by atoms with van der Waals surface area (Å²) in [7, 11) is 0. The largest absolute Gasteiger partial charge is 0.492 e.